The Morgan fingerprint density at radius 2 is 2.00 bits per heavy atom. The average molecular weight is 781 g/mol. The molecule has 1 unspecified atom stereocenters. The molecule has 0 bridgehead atoms. The molecule has 2 fully saturated rings. The second kappa shape index (κ2) is 18.1. The third-order valence-electron chi connectivity index (χ3n) is 8.50. The molecule has 5 rings (SSSR count). The number of aliphatic hydroxyl groups excluding tert-OH is 1. The van der Waals surface area contributed by atoms with Crippen molar-refractivity contribution in [3.8, 4) is 17.2 Å². The van der Waals surface area contributed by atoms with Crippen LogP contribution in [0.25, 0.3) is 21.2 Å². The normalized spacial score (nSPS) is 17.5. The number of aliphatic imine (C=N–C) groups is 1. The van der Waals surface area contributed by atoms with Gasteiger partial charge in [0.1, 0.15) is 35.1 Å². The number of methoxy groups -OCH3 is 1. The molecule has 2 aromatic carbocycles. The van der Waals surface area contributed by atoms with Gasteiger partial charge in [-0.1, -0.05) is 31.0 Å². The first kappa shape index (κ1) is 42.0. The van der Waals surface area contributed by atoms with Crippen LogP contribution in [0.5, 0.6) is 0 Å². The number of anilines is 1. The van der Waals surface area contributed by atoms with Crippen molar-refractivity contribution in [1.29, 1.82) is 5.26 Å². The number of aliphatic hydroxyl groups is 1. The quantitative estimate of drug-likeness (QED) is 0.0915. The Balaban J connectivity index is 0.000000801. The van der Waals surface area contributed by atoms with Crippen LogP contribution in [0.2, 0.25) is 5.02 Å². The highest BCUT2D eigenvalue weighted by Gasteiger charge is 2.56. The molecule has 1 aromatic heterocycles. The lowest BCUT2D eigenvalue weighted by Gasteiger charge is -2.26. The Kier molecular flexibility index (Phi) is 14.3. The zero-order valence-electron chi connectivity index (χ0n) is 30.7. The second-order valence-corrected chi connectivity index (χ2v) is 15.1. The third-order valence-corrected chi connectivity index (χ3v) is 9.91. The summed E-state index contributed by atoms with van der Waals surface area (Å²) in [5.74, 6) is -4.10. The number of hydrogen-bond acceptors (Lipinski definition) is 8. The second-order valence-electron chi connectivity index (χ2n) is 13.7. The summed E-state index contributed by atoms with van der Waals surface area (Å²) in [4.78, 5) is 19.5. The Morgan fingerprint density at radius 1 is 1.28 bits per heavy atom. The monoisotopic (exact) mass is 780 g/mol. The van der Waals surface area contributed by atoms with Crippen LogP contribution in [0.15, 0.2) is 35.2 Å². The summed E-state index contributed by atoms with van der Waals surface area (Å²) >= 11 is 7.78. The van der Waals surface area contributed by atoms with E-state index >= 15 is 8.78 Å². The van der Waals surface area contributed by atoms with Crippen molar-refractivity contribution in [2.75, 3.05) is 51.9 Å². The number of allylic oxidation sites excluding steroid dienone is 1. The number of amides is 1. The van der Waals surface area contributed by atoms with Crippen LogP contribution in [0.4, 0.5) is 22.6 Å². The summed E-state index contributed by atoms with van der Waals surface area (Å²) in [6.07, 6.45) is 4.18. The van der Waals surface area contributed by atoms with Crippen molar-refractivity contribution < 1.29 is 41.7 Å². The predicted octanol–water partition coefficient (Wildman–Crippen LogP) is 8.82. The van der Waals surface area contributed by atoms with Crippen LogP contribution >= 0.6 is 22.9 Å². The molecule has 288 valence electrons. The van der Waals surface area contributed by atoms with E-state index in [4.69, 9.17) is 35.9 Å². The molecule has 2 aliphatic rings. The van der Waals surface area contributed by atoms with Gasteiger partial charge in [-0.2, -0.15) is 10.3 Å². The Morgan fingerprint density at radius 3 is 2.58 bits per heavy atom. The number of hydrogen-bond donors (Lipinski definition) is 2. The number of halogens is 5. The Labute approximate surface area is 316 Å². The summed E-state index contributed by atoms with van der Waals surface area (Å²) in [5.41, 5.74) is 0.443. The highest BCUT2D eigenvalue weighted by molar-refractivity contribution is 7.23. The SMILES string of the molecule is CCC/C=C(/N=C(\c1cc(Cl)c(-c2ccc(F)c3sc(NC(=O)COC(C)(C)C)c(C#N)c23)c(F)c1C)N1CCCOCC1)OC.OCC1CC1(F)F. The Hall–Kier alpha value is -3.74. The van der Waals surface area contributed by atoms with E-state index in [0.717, 1.165) is 30.6 Å². The van der Waals surface area contributed by atoms with Crippen LogP contribution in [-0.2, 0) is 19.0 Å². The van der Waals surface area contributed by atoms with Crippen LogP contribution < -0.4 is 5.32 Å². The number of alkyl halides is 2. The van der Waals surface area contributed by atoms with Crippen LogP contribution in [0, 0.1) is 35.8 Å². The average Bonchev–Trinajstić information content (AvgIpc) is 3.70. The van der Waals surface area contributed by atoms with Crippen molar-refractivity contribution in [3.63, 3.8) is 0 Å². The highest BCUT2D eigenvalue weighted by atomic mass is 35.5. The first-order chi connectivity index (χ1) is 25.1. The van der Waals surface area contributed by atoms with Gasteiger partial charge in [0.05, 0.1) is 47.1 Å². The summed E-state index contributed by atoms with van der Waals surface area (Å²) in [6.45, 7) is 10.8. The van der Waals surface area contributed by atoms with Gasteiger partial charge in [0, 0.05) is 42.6 Å². The van der Waals surface area contributed by atoms with Gasteiger partial charge in [0.15, 0.2) is 0 Å². The van der Waals surface area contributed by atoms with Gasteiger partial charge in [0.2, 0.25) is 5.88 Å². The molecule has 0 radical (unpaired) electrons. The highest BCUT2D eigenvalue weighted by Crippen LogP contribution is 2.48. The number of benzene rings is 2. The van der Waals surface area contributed by atoms with E-state index in [-0.39, 0.29) is 62.0 Å². The number of carbonyl (C=O) groups excluding carboxylic acids is 1. The smallest absolute Gasteiger partial charge is 0.253 e. The molecule has 1 saturated carbocycles. The van der Waals surface area contributed by atoms with Gasteiger partial charge in [-0.15, -0.1) is 11.3 Å². The first-order valence-corrected chi connectivity index (χ1v) is 18.5. The number of amidine groups is 1. The third kappa shape index (κ3) is 10.5. The summed E-state index contributed by atoms with van der Waals surface area (Å²) < 4.78 is 71.9. The van der Waals surface area contributed by atoms with Crippen molar-refractivity contribution in [3.05, 3.63) is 63.5 Å². The van der Waals surface area contributed by atoms with Crippen molar-refractivity contribution in [2.45, 2.75) is 71.8 Å². The summed E-state index contributed by atoms with van der Waals surface area (Å²) in [7, 11) is 1.54. The fraction of sp³-hybridized carbons (Fsp3) is 0.500. The number of carbonyl (C=O) groups is 1. The van der Waals surface area contributed by atoms with Crippen LogP contribution in [0.3, 0.4) is 0 Å². The minimum atomic E-state index is -2.53. The zero-order valence-corrected chi connectivity index (χ0v) is 32.3. The molecule has 2 N–H and O–H groups in total. The summed E-state index contributed by atoms with van der Waals surface area (Å²) in [6, 6.07) is 6.33. The molecule has 1 aliphatic carbocycles. The fourth-order valence-electron chi connectivity index (χ4n) is 5.49. The minimum Gasteiger partial charge on any atom is -0.481 e. The number of nitriles is 1. The zero-order chi connectivity index (χ0) is 39.1. The molecule has 1 saturated heterocycles. The van der Waals surface area contributed by atoms with Crippen LogP contribution in [-0.4, -0.2) is 79.9 Å². The molecule has 53 heavy (non-hydrogen) atoms. The maximum absolute atomic E-state index is 16.6. The first-order valence-electron chi connectivity index (χ1n) is 17.3. The lowest BCUT2D eigenvalue weighted by atomic mass is 9.94. The number of thiophene rings is 1. The van der Waals surface area contributed by atoms with E-state index in [1.54, 1.807) is 20.1 Å². The van der Waals surface area contributed by atoms with Gasteiger partial charge in [-0.25, -0.2) is 17.6 Å². The van der Waals surface area contributed by atoms with Gasteiger partial charge in [-0.05, 0) is 69.9 Å². The number of unbranched alkanes of at least 4 members (excludes halogenated alkanes) is 1. The standard InChI is InChI=1S/C34H39ClF2N4O4S.C4H6F2O/c1-7-8-10-27(43-6)40-32(41-13-9-15-44-16-14-41)22-17-24(35)29(30(37)20(22)2)21-11-12-25(36)31-28(21)23(18-38)33(46-31)39-26(42)19-45-34(3,4)5;5-4(6)1-3(4)2-7/h10-12,17H,7-9,13-16,19H2,1-6H3,(H,39,42);3,7H,1-2H2/b27-10-,40-32+;. The topological polar surface area (TPSA) is 116 Å². The van der Waals surface area contributed by atoms with E-state index in [2.05, 4.69) is 18.3 Å². The van der Waals surface area contributed by atoms with Gasteiger partial charge >= 0.3 is 0 Å². The number of rotatable bonds is 10. The molecule has 1 amide bonds. The fourth-order valence-corrected chi connectivity index (χ4v) is 6.88. The maximum Gasteiger partial charge on any atom is 0.253 e. The van der Waals surface area contributed by atoms with Crippen LogP contribution in [0.1, 0.15) is 70.1 Å². The van der Waals surface area contributed by atoms with E-state index in [1.807, 2.05) is 31.7 Å². The molecule has 1 atom stereocenters. The maximum atomic E-state index is 16.6. The van der Waals surface area contributed by atoms with Gasteiger partial charge in [0.25, 0.3) is 11.8 Å². The van der Waals surface area contributed by atoms with Gasteiger partial charge < -0.3 is 29.5 Å². The molecule has 9 nitrogen and oxygen atoms in total. The van der Waals surface area contributed by atoms with Gasteiger partial charge in [-0.3, -0.25) is 4.79 Å². The lowest BCUT2D eigenvalue weighted by molar-refractivity contribution is -0.125. The van der Waals surface area contributed by atoms with E-state index in [1.165, 1.54) is 12.1 Å². The lowest BCUT2D eigenvalue weighted by Crippen LogP contribution is -2.35. The minimum absolute atomic E-state index is 0.00780. The number of fused-ring (bicyclic) bond motifs is 1. The van der Waals surface area contributed by atoms with Crippen molar-refractivity contribution in [1.82, 2.24) is 4.90 Å². The van der Waals surface area contributed by atoms with E-state index in [0.29, 0.717) is 43.6 Å². The summed E-state index contributed by atoms with van der Waals surface area (Å²) in [5, 5.41) is 21.2. The number of nitrogens with one attached hydrogen (secondary N) is 1. The largest absolute Gasteiger partial charge is 0.481 e. The molecule has 0 spiro atoms. The van der Waals surface area contributed by atoms with E-state index < -0.39 is 35.0 Å². The van der Waals surface area contributed by atoms with Crippen molar-refractivity contribution >= 4 is 49.8 Å². The number of ether oxygens (including phenoxy) is 3. The van der Waals surface area contributed by atoms with E-state index in [9.17, 15) is 18.8 Å². The van der Waals surface area contributed by atoms with Crippen molar-refractivity contribution in [2.24, 2.45) is 10.9 Å². The molecular formula is C38H45ClF4N4O5S. The molecule has 1 aliphatic heterocycles. The molecule has 3 aromatic rings. The molecular weight excluding hydrogens is 736 g/mol. The molecule has 15 heteroatoms. The molecule has 2 heterocycles. The Bertz CT molecular complexity index is 1900. The number of nitrogens with zero attached hydrogens (tertiary/aromatic N) is 3. The predicted molar refractivity (Wildman–Crippen MR) is 200 cm³/mol.